The number of aryl methyl sites for hydroxylation is 1. The Morgan fingerprint density at radius 2 is 1.73 bits per heavy atom. The number of benzene rings is 2. The maximum atomic E-state index is 13.2. The molecule has 0 unspecified atom stereocenters. The Balaban J connectivity index is 1.74. The highest BCUT2D eigenvalue weighted by atomic mass is 19.1. The van der Waals surface area contributed by atoms with Crippen LogP contribution in [0.4, 0.5) is 4.39 Å². The van der Waals surface area contributed by atoms with Gasteiger partial charge in [0.15, 0.2) is 5.69 Å². The summed E-state index contributed by atoms with van der Waals surface area (Å²) in [5.74, 6) is -0.683. The Morgan fingerprint density at radius 1 is 1.03 bits per heavy atom. The Bertz CT molecular complexity index is 1170. The minimum absolute atomic E-state index is 0.207. The van der Waals surface area contributed by atoms with Crippen LogP contribution in [-0.4, -0.2) is 25.9 Å². The summed E-state index contributed by atoms with van der Waals surface area (Å²) in [7, 11) is 0. The lowest BCUT2D eigenvalue weighted by Crippen LogP contribution is -2.27. The highest BCUT2D eigenvalue weighted by Crippen LogP contribution is 2.26. The van der Waals surface area contributed by atoms with Crippen LogP contribution in [0.1, 0.15) is 34.6 Å². The van der Waals surface area contributed by atoms with Gasteiger partial charge in [-0.2, -0.15) is 0 Å². The zero-order chi connectivity index (χ0) is 21.1. The molecule has 0 radical (unpaired) electrons. The number of pyridine rings is 1. The molecule has 1 N–H and O–H groups in total. The molecule has 2 aromatic carbocycles. The molecule has 2 heterocycles. The van der Waals surface area contributed by atoms with Crippen LogP contribution in [0, 0.1) is 12.7 Å². The summed E-state index contributed by atoms with van der Waals surface area (Å²) in [4.78, 5) is 17.2. The van der Waals surface area contributed by atoms with E-state index in [2.05, 4.69) is 20.6 Å². The van der Waals surface area contributed by atoms with E-state index in [0.29, 0.717) is 5.69 Å². The fourth-order valence-electron chi connectivity index (χ4n) is 3.27. The lowest BCUT2D eigenvalue weighted by Gasteiger charge is -2.14. The van der Waals surface area contributed by atoms with Crippen LogP contribution in [0.3, 0.4) is 0 Å². The summed E-state index contributed by atoms with van der Waals surface area (Å²) in [5.41, 5.74) is 4.19. The van der Waals surface area contributed by atoms with Gasteiger partial charge >= 0.3 is 0 Å². The van der Waals surface area contributed by atoms with Crippen molar-refractivity contribution in [1.29, 1.82) is 0 Å². The SMILES string of the molecule is Cc1ccccc1-n1nnc(C(=O)N[C@@H](C)c2ccc(F)cc2)c1-c1ccncc1. The number of halogens is 1. The van der Waals surface area contributed by atoms with Gasteiger partial charge in [-0.3, -0.25) is 9.78 Å². The minimum Gasteiger partial charge on any atom is -0.344 e. The second-order valence-corrected chi connectivity index (χ2v) is 6.97. The molecule has 2 aromatic heterocycles. The van der Waals surface area contributed by atoms with E-state index in [-0.39, 0.29) is 23.5 Å². The largest absolute Gasteiger partial charge is 0.344 e. The van der Waals surface area contributed by atoms with Crippen molar-refractivity contribution < 1.29 is 9.18 Å². The third kappa shape index (κ3) is 3.82. The Labute approximate surface area is 173 Å². The van der Waals surface area contributed by atoms with Crippen molar-refractivity contribution in [3.8, 4) is 16.9 Å². The van der Waals surface area contributed by atoms with Gasteiger partial charge in [0.25, 0.3) is 5.91 Å². The molecule has 0 aliphatic heterocycles. The molecule has 4 aromatic rings. The molecule has 0 aliphatic carbocycles. The highest BCUT2D eigenvalue weighted by Gasteiger charge is 2.24. The molecule has 4 rings (SSSR count). The maximum absolute atomic E-state index is 13.2. The van der Waals surface area contributed by atoms with E-state index in [1.54, 1.807) is 29.2 Å². The number of carbonyl (C=O) groups excluding carboxylic acids is 1. The number of para-hydroxylation sites is 1. The Hall–Kier alpha value is -3.87. The van der Waals surface area contributed by atoms with E-state index in [0.717, 1.165) is 22.4 Å². The molecule has 0 bridgehead atoms. The molecule has 1 atom stereocenters. The number of hydrogen-bond acceptors (Lipinski definition) is 4. The van der Waals surface area contributed by atoms with Gasteiger partial charge in [0.1, 0.15) is 11.5 Å². The number of nitrogens with one attached hydrogen (secondary N) is 1. The fraction of sp³-hybridized carbons (Fsp3) is 0.130. The van der Waals surface area contributed by atoms with Gasteiger partial charge in [-0.05, 0) is 55.3 Å². The van der Waals surface area contributed by atoms with Gasteiger partial charge in [-0.25, -0.2) is 9.07 Å². The van der Waals surface area contributed by atoms with Gasteiger partial charge in [0.2, 0.25) is 0 Å². The standard InChI is InChI=1S/C23H20FN5O/c1-15-5-3-4-6-20(15)29-22(18-11-13-25-14-12-18)21(27-28-29)23(30)26-16(2)17-7-9-19(24)10-8-17/h3-14,16H,1-2H3,(H,26,30)/t16-/m0/s1. The Kier molecular flexibility index (Phi) is 5.34. The molecule has 1 amide bonds. The van der Waals surface area contributed by atoms with E-state index in [4.69, 9.17) is 0 Å². The normalized spacial score (nSPS) is 11.8. The van der Waals surface area contributed by atoms with Crippen LogP contribution in [0.15, 0.2) is 73.1 Å². The second kappa shape index (κ2) is 8.24. The van der Waals surface area contributed by atoms with Crippen molar-refractivity contribution in [2.45, 2.75) is 19.9 Å². The minimum atomic E-state index is -0.363. The van der Waals surface area contributed by atoms with Crippen LogP contribution in [0.25, 0.3) is 16.9 Å². The number of amides is 1. The van der Waals surface area contributed by atoms with E-state index in [9.17, 15) is 9.18 Å². The molecular weight excluding hydrogens is 381 g/mol. The first kappa shape index (κ1) is 19.4. The van der Waals surface area contributed by atoms with Gasteiger partial charge in [-0.1, -0.05) is 35.5 Å². The van der Waals surface area contributed by atoms with Crippen LogP contribution < -0.4 is 5.32 Å². The number of hydrogen-bond donors (Lipinski definition) is 1. The average Bonchev–Trinajstić information content (AvgIpc) is 3.20. The van der Waals surface area contributed by atoms with E-state index in [1.807, 2.05) is 50.2 Å². The van der Waals surface area contributed by atoms with Crippen LogP contribution >= 0.6 is 0 Å². The molecule has 0 spiro atoms. The molecule has 0 saturated heterocycles. The first-order valence-corrected chi connectivity index (χ1v) is 9.53. The molecule has 6 nitrogen and oxygen atoms in total. The summed E-state index contributed by atoms with van der Waals surface area (Å²) in [6, 6.07) is 17.1. The predicted molar refractivity (Wildman–Crippen MR) is 112 cm³/mol. The van der Waals surface area contributed by atoms with Crippen LogP contribution in [0.5, 0.6) is 0 Å². The van der Waals surface area contributed by atoms with Crippen LogP contribution in [-0.2, 0) is 0 Å². The second-order valence-electron chi connectivity index (χ2n) is 6.97. The molecule has 0 aliphatic rings. The number of carbonyl (C=O) groups is 1. The van der Waals surface area contributed by atoms with Gasteiger partial charge in [0.05, 0.1) is 11.7 Å². The van der Waals surface area contributed by atoms with Gasteiger partial charge < -0.3 is 5.32 Å². The van der Waals surface area contributed by atoms with Crippen molar-refractivity contribution in [2.75, 3.05) is 0 Å². The Morgan fingerprint density at radius 3 is 2.43 bits per heavy atom. The van der Waals surface area contributed by atoms with Crippen molar-refractivity contribution >= 4 is 5.91 Å². The van der Waals surface area contributed by atoms with Crippen molar-refractivity contribution in [2.24, 2.45) is 0 Å². The summed E-state index contributed by atoms with van der Waals surface area (Å²) < 4.78 is 14.9. The fourth-order valence-corrected chi connectivity index (χ4v) is 3.27. The van der Waals surface area contributed by atoms with Crippen molar-refractivity contribution in [1.82, 2.24) is 25.3 Å². The molecule has 150 valence electrons. The smallest absolute Gasteiger partial charge is 0.274 e. The van der Waals surface area contributed by atoms with Crippen LogP contribution in [0.2, 0.25) is 0 Å². The first-order chi connectivity index (χ1) is 14.5. The van der Waals surface area contributed by atoms with Gasteiger partial charge in [0, 0.05) is 18.0 Å². The molecular formula is C23H20FN5O. The summed E-state index contributed by atoms with van der Waals surface area (Å²) in [6.07, 6.45) is 3.32. The first-order valence-electron chi connectivity index (χ1n) is 9.53. The average molecular weight is 401 g/mol. The van der Waals surface area contributed by atoms with E-state index < -0.39 is 0 Å². The van der Waals surface area contributed by atoms with Gasteiger partial charge in [-0.15, -0.1) is 5.10 Å². The molecule has 0 saturated carbocycles. The number of aromatic nitrogens is 4. The number of nitrogens with zero attached hydrogens (tertiary/aromatic N) is 4. The highest BCUT2D eigenvalue weighted by molar-refractivity contribution is 5.98. The molecule has 7 heteroatoms. The zero-order valence-electron chi connectivity index (χ0n) is 16.6. The zero-order valence-corrected chi connectivity index (χ0v) is 16.6. The van der Waals surface area contributed by atoms with Crippen molar-refractivity contribution in [3.05, 3.63) is 95.7 Å². The summed E-state index contributed by atoms with van der Waals surface area (Å²) in [6.45, 7) is 3.81. The van der Waals surface area contributed by atoms with E-state index in [1.165, 1.54) is 12.1 Å². The lowest BCUT2D eigenvalue weighted by molar-refractivity contribution is 0.0935. The lowest BCUT2D eigenvalue weighted by atomic mass is 10.1. The quantitative estimate of drug-likeness (QED) is 0.542. The maximum Gasteiger partial charge on any atom is 0.274 e. The summed E-state index contributed by atoms with van der Waals surface area (Å²) >= 11 is 0. The molecule has 0 fully saturated rings. The monoisotopic (exact) mass is 401 g/mol. The third-order valence-corrected chi connectivity index (χ3v) is 4.90. The third-order valence-electron chi connectivity index (χ3n) is 4.90. The van der Waals surface area contributed by atoms with E-state index >= 15 is 0 Å². The number of rotatable bonds is 5. The topological polar surface area (TPSA) is 72.7 Å². The summed E-state index contributed by atoms with van der Waals surface area (Å²) in [5, 5.41) is 11.4. The predicted octanol–water partition coefficient (Wildman–Crippen LogP) is 4.27. The molecule has 30 heavy (non-hydrogen) atoms. The van der Waals surface area contributed by atoms with Crippen molar-refractivity contribution in [3.63, 3.8) is 0 Å².